The lowest BCUT2D eigenvalue weighted by Gasteiger charge is -2.34. The number of hydrogen-bond donors (Lipinski definition) is 1. The van der Waals surface area contributed by atoms with Gasteiger partial charge in [-0.3, -0.25) is 9.53 Å². The second-order valence-electron chi connectivity index (χ2n) is 7.23. The molecule has 174 valence electrons. The summed E-state index contributed by atoms with van der Waals surface area (Å²) in [5.74, 6) is -1.96. The summed E-state index contributed by atoms with van der Waals surface area (Å²) in [5.41, 5.74) is 0.563. The Morgan fingerprint density at radius 2 is 1.97 bits per heavy atom. The highest BCUT2D eigenvalue weighted by atomic mass is 35.5. The van der Waals surface area contributed by atoms with Gasteiger partial charge < -0.3 is 14.6 Å². The topological polar surface area (TPSA) is 65.4 Å². The maximum absolute atomic E-state index is 14.0. The first-order valence-corrected chi connectivity index (χ1v) is 9.88. The molecule has 6 nitrogen and oxygen atoms in total. The molecule has 1 N–H and O–H groups in total. The normalized spacial score (nSPS) is 18.3. The van der Waals surface area contributed by atoms with Gasteiger partial charge in [-0.15, -0.1) is 13.2 Å². The van der Waals surface area contributed by atoms with E-state index in [9.17, 15) is 26.7 Å². The van der Waals surface area contributed by atoms with Crippen LogP contribution in [0.1, 0.15) is 19.3 Å². The monoisotopic (exact) mass is 479 g/mol. The number of aromatic nitrogens is 2. The molecule has 0 unspecified atom stereocenters. The molecule has 1 aromatic carbocycles. The SMILES string of the molecule is C=C(CCn1cnc(-c2cc(F)c(Cl)cc2F)c1)NC(=O)COC1CC(OC(F)(F)F)C1. The van der Waals surface area contributed by atoms with Crippen molar-refractivity contribution < 1.29 is 36.2 Å². The van der Waals surface area contributed by atoms with E-state index in [0.29, 0.717) is 18.7 Å². The van der Waals surface area contributed by atoms with Crippen LogP contribution in [0, 0.1) is 11.6 Å². The van der Waals surface area contributed by atoms with Gasteiger partial charge in [0.25, 0.3) is 0 Å². The fraction of sp³-hybridized carbons (Fsp3) is 0.400. The second-order valence-corrected chi connectivity index (χ2v) is 7.64. The van der Waals surface area contributed by atoms with Crippen LogP contribution in [-0.2, 0) is 20.8 Å². The van der Waals surface area contributed by atoms with Crippen molar-refractivity contribution in [1.29, 1.82) is 0 Å². The van der Waals surface area contributed by atoms with Crippen molar-refractivity contribution in [1.82, 2.24) is 14.9 Å². The first kappa shape index (κ1) is 24.1. The summed E-state index contributed by atoms with van der Waals surface area (Å²) in [6, 6.07) is 1.83. The minimum absolute atomic E-state index is 0.0335. The van der Waals surface area contributed by atoms with Crippen molar-refractivity contribution in [2.75, 3.05) is 6.61 Å². The van der Waals surface area contributed by atoms with E-state index in [1.807, 2.05) is 0 Å². The predicted molar refractivity (Wildman–Crippen MR) is 104 cm³/mol. The summed E-state index contributed by atoms with van der Waals surface area (Å²) >= 11 is 5.55. The van der Waals surface area contributed by atoms with Crippen LogP contribution >= 0.6 is 11.6 Å². The number of carbonyl (C=O) groups excluding carboxylic acids is 1. The molecule has 1 aromatic heterocycles. The highest BCUT2D eigenvalue weighted by Crippen LogP contribution is 2.32. The van der Waals surface area contributed by atoms with Crippen molar-refractivity contribution in [2.45, 2.75) is 44.4 Å². The van der Waals surface area contributed by atoms with Crippen molar-refractivity contribution in [3.05, 3.63) is 53.6 Å². The second kappa shape index (κ2) is 9.97. The average Bonchev–Trinajstić information content (AvgIpc) is 3.12. The molecule has 1 aliphatic carbocycles. The molecule has 0 saturated heterocycles. The van der Waals surface area contributed by atoms with Crippen LogP contribution < -0.4 is 5.32 Å². The number of nitrogens with zero attached hydrogens (tertiary/aromatic N) is 2. The van der Waals surface area contributed by atoms with E-state index in [1.54, 1.807) is 4.57 Å². The van der Waals surface area contributed by atoms with Gasteiger partial charge in [0.2, 0.25) is 5.91 Å². The minimum atomic E-state index is -4.68. The third-order valence-corrected chi connectivity index (χ3v) is 5.00. The number of amides is 1. The number of benzene rings is 1. The molecule has 1 heterocycles. The van der Waals surface area contributed by atoms with E-state index >= 15 is 0 Å². The number of hydrogen-bond acceptors (Lipinski definition) is 4. The molecule has 0 bridgehead atoms. The molecule has 1 aliphatic rings. The minimum Gasteiger partial charge on any atom is -0.368 e. The Labute approximate surface area is 185 Å². The molecular formula is C20H19ClF5N3O3. The molecule has 2 aromatic rings. The van der Waals surface area contributed by atoms with Gasteiger partial charge in [0.1, 0.15) is 18.2 Å². The number of alkyl halides is 3. The molecule has 3 rings (SSSR count). The van der Waals surface area contributed by atoms with Crippen LogP contribution in [0.25, 0.3) is 11.3 Å². The van der Waals surface area contributed by atoms with Gasteiger partial charge in [-0.2, -0.15) is 0 Å². The Morgan fingerprint density at radius 3 is 2.66 bits per heavy atom. The van der Waals surface area contributed by atoms with Gasteiger partial charge in [0.05, 0.1) is 29.3 Å². The summed E-state index contributed by atoms with van der Waals surface area (Å²) in [7, 11) is 0. The maximum atomic E-state index is 14.0. The summed E-state index contributed by atoms with van der Waals surface area (Å²) in [5, 5.41) is 2.21. The van der Waals surface area contributed by atoms with Gasteiger partial charge in [0.15, 0.2) is 0 Å². The molecule has 12 heteroatoms. The lowest BCUT2D eigenvalue weighted by atomic mass is 9.92. The zero-order valence-corrected chi connectivity index (χ0v) is 17.3. The van der Waals surface area contributed by atoms with Crippen molar-refractivity contribution in [3.8, 4) is 11.3 Å². The lowest BCUT2D eigenvalue weighted by Crippen LogP contribution is -2.42. The average molecular weight is 480 g/mol. The summed E-state index contributed by atoms with van der Waals surface area (Å²) < 4.78 is 74.5. The molecule has 1 saturated carbocycles. The number of halogens is 6. The molecule has 0 radical (unpaired) electrons. The molecule has 1 amide bonds. The van der Waals surface area contributed by atoms with Gasteiger partial charge in [-0.1, -0.05) is 18.2 Å². The molecule has 0 aliphatic heterocycles. The Balaban J connectivity index is 1.38. The summed E-state index contributed by atoms with van der Waals surface area (Å²) in [6.07, 6.45) is -2.71. The number of nitrogens with one attached hydrogen (secondary N) is 1. The molecule has 32 heavy (non-hydrogen) atoms. The van der Waals surface area contributed by atoms with E-state index in [-0.39, 0.29) is 35.7 Å². The van der Waals surface area contributed by atoms with Crippen molar-refractivity contribution in [2.24, 2.45) is 0 Å². The van der Waals surface area contributed by atoms with E-state index in [0.717, 1.165) is 12.1 Å². The lowest BCUT2D eigenvalue weighted by molar-refractivity contribution is -0.357. The number of imidazole rings is 1. The largest absolute Gasteiger partial charge is 0.522 e. The quantitative estimate of drug-likeness (QED) is 0.422. The molecule has 1 fully saturated rings. The number of carbonyl (C=O) groups is 1. The number of rotatable bonds is 9. The highest BCUT2D eigenvalue weighted by molar-refractivity contribution is 6.30. The fourth-order valence-electron chi connectivity index (χ4n) is 3.03. The zero-order valence-electron chi connectivity index (χ0n) is 16.6. The Kier molecular flexibility index (Phi) is 7.52. The number of aryl methyl sites for hydroxylation is 1. The Bertz CT molecular complexity index is 989. The summed E-state index contributed by atoms with van der Waals surface area (Å²) in [6.45, 7) is 3.76. The van der Waals surface area contributed by atoms with Gasteiger partial charge >= 0.3 is 6.36 Å². The van der Waals surface area contributed by atoms with Crippen LogP contribution in [0.15, 0.2) is 36.9 Å². The first-order valence-electron chi connectivity index (χ1n) is 9.50. The van der Waals surface area contributed by atoms with Gasteiger partial charge in [0, 0.05) is 43.3 Å². The Hall–Kier alpha value is -2.50. The van der Waals surface area contributed by atoms with E-state index < -0.39 is 36.1 Å². The van der Waals surface area contributed by atoms with Gasteiger partial charge in [-0.25, -0.2) is 13.8 Å². The molecule has 0 spiro atoms. The van der Waals surface area contributed by atoms with Gasteiger partial charge in [-0.05, 0) is 12.1 Å². The van der Waals surface area contributed by atoms with Crippen LogP contribution in [0.4, 0.5) is 22.0 Å². The summed E-state index contributed by atoms with van der Waals surface area (Å²) in [4.78, 5) is 15.9. The van der Waals surface area contributed by atoms with Crippen LogP contribution in [-0.4, -0.2) is 40.6 Å². The van der Waals surface area contributed by atoms with Crippen LogP contribution in [0.2, 0.25) is 5.02 Å². The predicted octanol–water partition coefficient (Wildman–Crippen LogP) is 4.59. The van der Waals surface area contributed by atoms with Crippen molar-refractivity contribution >= 4 is 17.5 Å². The third-order valence-electron chi connectivity index (χ3n) is 4.71. The van der Waals surface area contributed by atoms with Crippen molar-refractivity contribution in [3.63, 3.8) is 0 Å². The van der Waals surface area contributed by atoms with E-state index in [4.69, 9.17) is 16.3 Å². The third kappa shape index (κ3) is 6.75. The maximum Gasteiger partial charge on any atom is 0.522 e. The standard InChI is InChI=1S/C20H19ClF5N3O3/c1-11(28-19(30)9-31-12-4-13(5-12)32-20(24,25)26)2-3-29-8-18(27-10-29)14-6-17(23)15(21)7-16(14)22/h6-8,10,12-13H,1-5,9H2,(H,28,30). The first-order chi connectivity index (χ1) is 15.0. The van der Waals surface area contributed by atoms with E-state index in [2.05, 4.69) is 21.6 Å². The van der Waals surface area contributed by atoms with E-state index in [1.165, 1.54) is 12.5 Å². The molecule has 0 atom stereocenters. The number of allylic oxidation sites excluding steroid dienone is 1. The molecular weight excluding hydrogens is 461 g/mol. The highest BCUT2D eigenvalue weighted by Gasteiger charge is 2.40. The zero-order chi connectivity index (χ0) is 23.5. The fourth-order valence-corrected chi connectivity index (χ4v) is 3.18. The number of ether oxygens (including phenoxy) is 2. The van der Waals surface area contributed by atoms with Crippen LogP contribution in [0.3, 0.4) is 0 Å². The van der Waals surface area contributed by atoms with Crippen LogP contribution in [0.5, 0.6) is 0 Å². The smallest absolute Gasteiger partial charge is 0.368 e. The Morgan fingerprint density at radius 1 is 1.25 bits per heavy atom.